The summed E-state index contributed by atoms with van der Waals surface area (Å²) < 4.78 is 0.967. The molecule has 4 rings (SSSR count). The first-order chi connectivity index (χ1) is 14.5. The van der Waals surface area contributed by atoms with Crippen molar-refractivity contribution in [2.24, 2.45) is 0 Å². The van der Waals surface area contributed by atoms with E-state index in [9.17, 15) is 4.79 Å². The molecule has 1 saturated heterocycles. The third-order valence-electron chi connectivity index (χ3n) is 5.28. The molecule has 2 amide bonds. The number of benzene rings is 2. The number of anilines is 3. The van der Waals surface area contributed by atoms with Crippen molar-refractivity contribution in [2.45, 2.75) is 0 Å². The van der Waals surface area contributed by atoms with Crippen molar-refractivity contribution in [3.05, 3.63) is 47.5 Å². The van der Waals surface area contributed by atoms with Gasteiger partial charge in [-0.15, -0.1) is 0 Å². The number of likely N-dealkylation sites (N-methyl/N-ethyl adjacent to an activating group) is 1. The Bertz CT molecular complexity index is 1020. The standard InChI is InChI=1S/C21H25ClN6OS/c1-26-8-10-27(11-9-26)12-13-28(21(29)24-16-4-2-15(22)3-5-16)17-6-7-18-19(14-17)30-20(23)25-18/h2-7,14H,8-13H2,1H3,(H2,23,25)(H,24,29). The van der Waals surface area contributed by atoms with Crippen molar-refractivity contribution in [3.8, 4) is 0 Å². The number of amides is 2. The molecule has 0 unspecified atom stereocenters. The summed E-state index contributed by atoms with van der Waals surface area (Å²) in [6.07, 6.45) is 0. The highest BCUT2D eigenvalue weighted by Gasteiger charge is 2.20. The molecule has 3 aromatic rings. The van der Waals surface area contributed by atoms with Gasteiger partial charge in [-0.2, -0.15) is 0 Å². The first-order valence-electron chi connectivity index (χ1n) is 9.89. The normalized spacial score (nSPS) is 15.4. The maximum atomic E-state index is 13.2. The van der Waals surface area contributed by atoms with Crippen LogP contribution < -0.4 is 16.0 Å². The van der Waals surface area contributed by atoms with Crippen LogP contribution in [-0.4, -0.2) is 67.1 Å². The fourth-order valence-electron chi connectivity index (χ4n) is 3.48. The highest BCUT2D eigenvalue weighted by atomic mass is 35.5. The third-order valence-corrected chi connectivity index (χ3v) is 6.38. The smallest absolute Gasteiger partial charge is 0.326 e. The second kappa shape index (κ2) is 9.18. The second-order valence-corrected chi connectivity index (χ2v) is 8.94. The number of fused-ring (bicyclic) bond motifs is 1. The molecule has 7 nitrogen and oxygen atoms in total. The number of carbonyl (C=O) groups is 1. The van der Waals surface area contributed by atoms with Crippen LogP contribution in [0.4, 0.5) is 21.3 Å². The number of carbonyl (C=O) groups excluding carboxylic acids is 1. The Kier molecular flexibility index (Phi) is 6.38. The average Bonchev–Trinajstić information content (AvgIpc) is 3.10. The number of thiazole rings is 1. The lowest BCUT2D eigenvalue weighted by molar-refractivity contribution is 0.157. The van der Waals surface area contributed by atoms with Gasteiger partial charge in [0.15, 0.2) is 5.13 Å². The molecule has 9 heteroatoms. The van der Waals surface area contributed by atoms with Gasteiger partial charge in [0.05, 0.1) is 10.2 Å². The average molecular weight is 445 g/mol. The van der Waals surface area contributed by atoms with Gasteiger partial charge in [-0.1, -0.05) is 22.9 Å². The van der Waals surface area contributed by atoms with Crippen LogP contribution in [0.3, 0.4) is 0 Å². The maximum Gasteiger partial charge on any atom is 0.326 e. The number of rotatable bonds is 5. The molecular formula is C21H25ClN6OS. The van der Waals surface area contributed by atoms with Crippen molar-refractivity contribution < 1.29 is 4.79 Å². The van der Waals surface area contributed by atoms with E-state index in [2.05, 4.69) is 27.1 Å². The second-order valence-electron chi connectivity index (χ2n) is 7.44. The predicted molar refractivity (Wildman–Crippen MR) is 126 cm³/mol. The first-order valence-corrected chi connectivity index (χ1v) is 11.1. The molecule has 158 valence electrons. The molecule has 0 aliphatic carbocycles. The Balaban J connectivity index is 1.54. The van der Waals surface area contributed by atoms with Crippen molar-refractivity contribution in [3.63, 3.8) is 0 Å². The number of hydrogen-bond donors (Lipinski definition) is 2. The summed E-state index contributed by atoms with van der Waals surface area (Å²) in [4.78, 5) is 24.0. The van der Waals surface area contributed by atoms with Gasteiger partial charge in [0.25, 0.3) is 0 Å². The molecule has 0 spiro atoms. The van der Waals surface area contributed by atoms with Gasteiger partial charge in [0, 0.05) is 55.7 Å². The number of nitrogens with two attached hydrogens (primary N) is 1. The van der Waals surface area contributed by atoms with Crippen molar-refractivity contribution >= 4 is 55.7 Å². The van der Waals surface area contributed by atoms with Crippen LogP contribution in [0, 0.1) is 0 Å². The van der Waals surface area contributed by atoms with E-state index in [1.54, 1.807) is 29.2 Å². The lowest BCUT2D eigenvalue weighted by Crippen LogP contribution is -2.48. The minimum absolute atomic E-state index is 0.178. The maximum absolute atomic E-state index is 13.2. The minimum atomic E-state index is -0.178. The summed E-state index contributed by atoms with van der Waals surface area (Å²) in [7, 11) is 2.14. The Labute approximate surface area is 185 Å². The lowest BCUT2D eigenvalue weighted by atomic mass is 10.2. The summed E-state index contributed by atoms with van der Waals surface area (Å²) in [5.41, 5.74) is 8.23. The van der Waals surface area contributed by atoms with Crippen LogP contribution in [0.25, 0.3) is 10.2 Å². The summed E-state index contributed by atoms with van der Waals surface area (Å²) in [6, 6.07) is 12.8. The zero-order valence-electron chi connectivity index (χ0n) is 16.8. The molecule has 1 fully saturated rings. The lowest BCUT2D eigenvalue weighted by Gasteiger charge is -2.34. The number of halogens is 1. The van der Waals surface area contributed by atoms with Crippen molar-refractivity contribution in [1.82, 2.24) is 14.8 Å². The Morgan fingerprint density at radius 1 is 1.20 bits per heavy atom. The monoisotopic (exact) mass is 444 g/mol. The summed E-state index contributed by atoms with van der Waals surface area (Å²) >= 11 is 7.39. The number of nitrogens with one attached hydrogen (secondary N) is 1. The van der Waals surface area contributed by atoms with Gasteiger partial charge in [-0.05, 0) is 49.5 Å². The molecular weight excluding hydrogens is 420 g/mol. The molecule has 3 N–H and O–H groups in total. The van der Waals surface area contributed by atoms with Gasteiger partial charge < -0.3 is 16.0 Å². The van der Waals surface area contributed by atoms with E-state index in [1.807, 2.05) is 18.2 Å². The quantitative estimate of drug-likeness (QED) is 0.625. The first kappa shape index (κ1) is 20.9. The molecule has 1 aliphatic rings. The Morgan fingerprint density at radius 3 is 2.67 bits per heavy atom. The van der Waals surface area contributed by atoms with E-state index in [0.29, 0.717) is 22.4 Å². The molecule has 0 saturated carbocycles. The summed E-state index contributed by atoms with van der Waals surface area (Å²) in [5.74, 6) is 0. The largest absolute Gasteiger partial charge is 0.375 e. The van der Waals surface area contributed by atoms with Crippen LogP contribution in [0.5, 0.6) is 0 Å². The minimum Gasteiger partial charge on any atom is -0.375 e. The fraction of sp³-hybridized carbons (Fsp3) is 0.333. The predicted octanol–water partition coefficient (Wildman–Crippen LogP) is 3.82. The topological polar surface area (TPSA) is 77.7 Å². The van der Waals surface area contributed by atoms with Crippen LogP contribution in [0.15, 0.2) is 42.5 Å². The number of nitrogens with zero attached hydrogens (tertiary/aromatic N) is 4. The van der Waals surface area contributed by atoms with Gasteiger partial charge in [-0.3, -0.25) is 9.80 Å². The molecule has 1 aromatic heterocycles. The van der Waals surface area contributed by atoms with Gasteiger partial charge in [0.2, 0.25) is 0 Å². The van der Waals surface area contributed by atoms with Gasteiger partial charge >= 0.3 is 6.03 Å². The molecule has 0 bridgehead atoms. The third kappa shape index (κ3) is 5.02. The highest BCUT2D eigenvalue weighted by Crippen LogP contribution is 2.28. The fourth-order valence-corrected chi connectivity index (χ4v) is 4.38. The zero-order chi connectivity index (χ0) is 21.1. The molecule has 30 heavy (non-hydrogen) atoms. The van der Waals surface area contributed by atoms with Crippen molar-refractivity contribution in [2.75, 3.05) is 62.3 Å². The molecule has 2 heterocycles. The van der Waals surface area contributed by atoms with Gasteiger partial charge in [-0.25, -0.2) is 9.78 Å². The van der Waals surface area contributed by atoms with Crippen LogP contribution in [-0.2, 0) is 0 Å². The van der Waals surface area contributed by atoms with Crippen LogP contribution in [0.2, 0.25) is 5.02 Å². The number of urea groups is 1. The van der Waals surface area contributed by atoms with Crippen LogP contribution >= 0.6 is 22.9 Å². The van der Waals surface area contributed by atoms with E-state index in [-0.39, 0.29) is 6.03 Å². The number of hydrogen-bond acceptors (Lipinski definition) is 6. The molecule has 0 atom stereocenters. The zero-order valence-corrected chi connectivity index (χ0v) is 18.4. The van der Waals surface area contributed by atoms with E-state index in [0.717, 1.165) is 48.6 Å². The molecule has 0 radical (unpaired) electrons. The van der Waals surface area contributed by atoms with E-state index >= 15 is 0 Å². The van der Waals surface area contributed by atoms with E-state index < -0.39 is 0 Å². The summed E-state index contributed by atoms with van der Waals surface area (Å²) in [5, 5.41) is 4.14. The highest BCUT2D eigenvalue weighted by molar-refractivity contribution is 7.22. The summed E-state index contributed by atoms with van der Waals surface area (Å²) in [6.45, 7) is 5.50. The SMILES string of the molecule is CN1CCN(CCN(C(=O)Nc2ccc(Cl)cc2)c2ccc3nc(N)sc3c2)CC1. The molecule has 1 aliphatic heterocycles. The van der Waals surface area contributed by atoms with Crippen molar-refractivity contribution in [1.29, 1.82) is 0 Å². The Morgan fingerprint density at radius 2 is 1.93 bits per heavy atom. The van der Waals surface area contributed by atoms with E-state index in [1.165, 1.54) is 11.3 Å². The van der Waals surface area contributed by atoms with E-state index in [4.69, 9.17) is 17.3 Å². The molecule has 2 aromatic carbocycles. The van der Waals surface area contributed by atoms with Crippen LogP contribution in [0.1, 0.15) is 0 Å². The number of nitrogen functional groups attached to an aromatic ring is 1. The van der Waals surface area contributed by atoms with Gasteiger partial charge in [0.1, 0.15) is 0 Å². The Hall–Kier alpha value is -2.39. The number of piperazine rings is 1. The number of aromatic nitrogens is 1.